The van der Waals surface area contributed by atoms with Crippen molar-refractivity contribution in [1.82, 2.24) is 5.32 Å². The fourth-order valence-corrected chi connectivity index (χ4v) is 1.63. The number of carboxylic acids is 1. The highest BCUT2D eigenvalue weighted by Gasteiger charge is 2.49. The van der Waals surface area contributed by atoms with Gasteiger partial charge in [0.05, 0.1) is 0 Å². The minimum absolute atomic E-state index is 0.125. The van der Waals surface area contributed by atoms with Crippen LogP contribution in [0.3, 0.4) is 0 Å². The lowest BCUT2D eigenvalue weighted by Gasteiger charge is -2.14. The van der Waals surface area contributed by atoms with E-state index in [2.05, 4.69) is 11.9 Å². The smallest absolute Gasteiger partial charge is 0.408 e. The Morgan fingerprint density at radius 2 is 2.28 bits per heavy atom. The number of aromatic carboxylic acids is 1. The predicted octanol–water partition coefficient (Wildman–Crippen LogP) is 1.88. The van der Waals surface area contributed by atoms with Crippen LogP contribution in [0.15, 0.2) is 29.2 Å². The van der Waals surface area contributed by atoms with Gasteiger partial charge in [-0.3, -0.25) is 0 Å². The minimum Gasteiger partial charge on any atom is -0.475 e. The van der Waals surface area contributed by atoms with Gasteiger partial charge < -0.3 is 19.6 Å². The molecule has 0 unspecified atom stereocenters. The summed E-state index contributed by atoms with van der Waals surface area (Å²) in [7, 11) is 0. The second-order valence-electron chi connectivity index (χ2n) is 4.06. The molecular formula is C12H13NO5. The molecule has 6 heteroatoms. The standard InChI is InChI=1S/C12H13NO5/c1-2-7-17-11(16)13-12(5-6-12)9-4-3-8(18-9)10(14)15/h2-4H,1,5-7H2,(H,13,16)(H,14,15). The van der Waals surface area contributed by atoms with Gasteiger partial charge in [-0.15, -0.1) is 0 Å². The van der Waals surface area contributed by atoms with Crippen molar-refractivity contribution < 1.29 is 23.8 Å². The van der Waals surface area contributed by atoms with Crippen LogP contribution in [-0.2, 0) is 10.3 Å². The predicted molar refractivity (Wildman–Crippen MR) is 61.3 cm³/mol. The first kappa shape index (κ1) is 12.2. The fourth-order valence-electron chi connectivity index (χ4n) is 1.63. The lowest BCUT2D eigenvalue weighted by molar-refractivity contribution is 0.0659. The van der Waals surface area contributed by atoms with Crippen LogP contribution in [0.25, 0.3) is 0 Å². The fraction of sp³-hybridized carbons (Fsp3) is 0.333. The average molecular weight is 251 g/mol. The topological polar surface area (TPSA) is 88.8 Å². The van der Waals surface area contributed by atoms with Crippen molar-refractivity contribution in [1.29, 1.82) is 0 Å². The van der Waals surface area contributed by atoms with Crippen LogP contribution >= 0.6 is 0 Å². The molecule has 0 radical (unpaired) electrons. The summed E-state index contributed by atoms with van der Waals surface area (Å²) in [6.45, 7) is 3.56. The monoisotopic (exact) mass is 251 g/mol. The molecule has 1 amide bonds. The van der Waals surface area contributed by atoms with Crippen LogP contribution in [0.1, 0.15) is 29.2 Å². The first-order valence-electron chi connectivity index (χ1n) is 5.47. The minimum atomic E-state index is -1.13. The van der Waals surface area contributed by atoms with E-state index in [-0.39, 0.29) is 12.4 Å². The molecule has 0 spiro atoms. The molecule has 0 aliphatic heterocycles. The van der Waals surface area contributed by atoms with Crippen LogP contribution in [0, 0.1) is 0 Å². The van der Waals surface area contributed by atoms with Gasteiger partial charge in [0.1, 0.15) is 17.9 Å². The first-order valence-corrected chi connectivity index (χ1v) is 5.47. The number of nitrogens with one attached hydrogen (secondary N) is 1. The number of carbonyl (C=O) groups excluding carboxylic acids is 1. The van der Waals surface area contributed by atoms with E-state index in [1.807, 2.05) is 0 Å². The maximum atomic E-state index is 11.4. The molecule has 96 valence electrons. The summed E-state index contributed by atoms with van der Waals surface area (Å²) in [6, 6.07) is 2.93. The second kappa shape index (κ2) is 4.56. The Balaban J connectivity index is 2.04. The number of hydrogen-bond donors (Lipinski definition) is 2. The Morgan fingerprint density at radius 1 is 1.56 bits per heavy atom. The molecule has 0 bridgehead atoms. The average Bonchev–Trinajstić information content (AvgIpc) is 2.93. The van der Waals surface area contributed by atoms with E-state index in [0.717, 1.165) is 0 Å². The lowest BCUT2D eigenvalue weighted by Crippen LogP contribution is -2.35. The van der Waals surface area contributed by atoms with E-state index in [1.165, 1.54) is 12.1 Å². The summed E-state index contributed by atoms with van der Waals surface area (Å²) >= 11 is 0. The van der Waals surface area contributed by atoms with Crippen molar-refractivity contribution >= 4 is 12.1 Å². The molecule has 0 atom stereocenters. The molecule has 2 N–H and O–H groups in total. The van der Waals surface area contributed by atoms with Gasteiger partial charge in [-0.1, -0.05) is 12.7 Å². The molecule has 6 nitrogen and oxygen atoms in total. The number of furan rings is 1. The Kier molecular flexibility index (Phi) is 3.10. The normalized spacial score (nSPS) is 15.8. The number of rotatable bonds is 5. The maximum Gasteiger partial charge on any atom is 0.408 e. The Morgan fingerprint density at radius 3 is 2.78 bits per heavy atom. The molecular weight excluding hydrogens is 238 g/mol. The number of ether oxygens (including phenoxy) is 1. The largest absolute Gasteiger partial charge is 0.475 e. The lowest BCUT2D eigenvalue weighted by atomic mass is 10.2. The Hall–Kier alpha value is -2.24. The Bertz CT molecular complexity index is 486. The Labute approximate surface area is 103 Å². The van der Waals surface area contributed by atoms with E-state index in [9.17, 15) is 9.59 Å². The number of amides is 1. The SMILES string of the molecule is C=CCOC(=O)NC1(c2ccc(C(=O)O)o2)CC1. The first-order chi connectivity index (χ1) is 8.57. The number of carbonyl (C=O) groups is 2. The van der Waals surface area contributed by atoms with Gasteiger partial charge in [0.25, 0.3) is 0 Å². The molecule has 0 saturated heterocycles. The molecule has 0 aromatic carbocycles. The van der Waals surface area contributed by atoms with Crippen LogP contribution in [0.4, 0.5) is 4.79 Å². The molecule has 1 aliphatic carbocycles. The zero-order chi connectivity index (χ0) is 13.2. The number of carboxylic acid groups (broad SMARTS) is 1. The van der Waals surface area contributed by atoms with Crippen molar-refractivity contribution in [2.24, 2.45) is 0 Å². The molecule has 1 saturated carbocycles. The zero-order valence-electron chi connectivity index (χ0n) is 9.64. The summed E-state index contributed by atoms with van der Waals surface area (Å²) in [4.78, 5) is 22.1. The van der Waals surface area contributed by atoms with Crippen molar-refractivity contribution in [2.75, 3.05) is 6.61 Å². The highest BCUT2D eigenvalue weighted by molar-refractivity contribution is 5.84. The van der Waals surface area contributed by atoms with Gasteiger partial charge in [0.2, 0.25) is 5.76 Å². The quantitative estimate of drug-likeness (QED) is 0.780. The highest BCUT2D eigenvalue weighted by atomic mass is 16.5. The zero-order valence-corrected chi connectivity index (χ0v) is 9.64. The van der Waals surface area contributed by atoms with Crippen molar-refractivity contribution in [2.45, 2.75) is 18.4 Å². The van der Waals surface area contributed by atoms with E-state index in [1.54, 1.807) is 6.07 Å². The van der Waals surface area contributed by atoms with Crippen LogP contribution < -0.4 is 5.32 Å². The molecule has 2 rings (SSSR count). The van der Waals surface area contributed by atoms with Gasteiger partial charge >= 0.3 is 12.1 Å². The van der Waals surface area contributed by atoms with Crippen molar-refractivity contribution in [3.63, 3.8) is 0 Å². The van der Waals surface area contributed by atoms with Crippen LogP contribution in [0.5, 0.6) is 0 Å². The van der Waals surface area contributed by atoms with Gasteiger partial charge in [0, 0.05) is 0 Å². The summed E-state index contributed by atoms with van der Waals surface area (Å²) in [5.74, 6) is -0.834. The molecule has 1 aliphatic rings. The summed E-state index contributed by atoms with van der Waals surface area (Å²) < 4.78 is 10.0. The molecule has 1 heterocycles. The molecule has 18 heavy (non-hydrogen) atoms. The second-order valence-corrected chi connectivity index (χ2v) is 4.06. The van der Waals surface area contributed by atoms with E-state index >= 15 is 0 Å². The summed E-state index contributed by atoms with van der Waals surface area (Å²) in [6.07, 6.45) is 2.29. The number of alkyl carbamates (subject to hydrolysis) is 1. The third kappa shape index (κ3) is 2.37. The third-order valence-corrected chi connectivity index (χ3v) is 2.71. The summed E-state index contributed by atoms with van der Waals surface area (Å²) in [5.41, 5.74) is -0.619. The van der Waals surface area contributed by atoms with Crippen molar-refractivity contribution in [3.05, 3.63) is 36.3 Å². The molecule has 1 aromatic heterocycles. The van der Waals surface area contributed by atoms with Gasteiger partial charge in [0.15, 0.2) is 0 Å². The van der Waals surface area contributed by atoms with E-state index in [0.29, 0.717) is 18.6 Å². The number of hydrogen-bond acceptors (Lipinski definition) is 4. The summed E-state index contributed by atoms with van der Waals surface area (Å²) in [5, 5.41) is 11.4. The van der Waals surface area contributed by atoms with Crippen molar-refractivity contribution in [3.8, 4) is 0 Å². The van der Waals surface area contributed by atoms with Crippen LogP contribution in [-0.4, -0.2) is 23.8 Å². The molecule has 1 fully saturated rings. The van der Waals surface area contributed by atoms with Gasteiger partial charge in [-0.05, 0) is 25.0 Å². The van der Waals surface area contributed by atoms with Crippen LogP contribution in [0.2, 0.25) is 0 Å². The van der Waals surface area contributed by atoms with Gasteiger partial charge in [-0.2, -0.15) is 0 Å². The highest BCUT2D eigenvalue weighted by Crippen LogP contribution is 2.46. The van der Waals surface area contributed by atoms with Gasteiger partial charge in [-0.25, -0.2) is 9.59 Å². The van der Waals surface area contributed by atoms with E-state index in [4.69, 9.17) is 14.3 Å². The molecule has 1 aromatic rings. The van der Waals surface area contributed by atoms with E-state index < -0.39 is 17.6 Å². The maximum absolute atomic E-state index is 11.4. The third-order valence-electron chi connectivity index (χ3n) is 2.71.